The molecule has 0 aromatic carbocycles. The van der Waals surface area contributed by atoms with Gasteiger partial charge in [0.25, 0.3) is 0 Å². The smallest absolute Gasteiger partial charge is 0.187 e. The number of aromatic nitrogens is 4. The van der Waals surface area contributed by atoms with Crippen molar-refractivity contribution in [3.63, 3.8) is 0 Å². The molecule has 1 fully saturated rings. The number of thioether (sulfide) groups is 1. The number of piperidine rings is 1. The first-order chi connectivity index (χ1) is 10.3. The zero-order valence-corrected chi connectivity index (χ0v) is 13.2. The third kappa shape index (κ3) is 4.04. The predicted molar refractivity (Wildman–Crippen MR) is 84.0 cm³/mol. The normalized spacial score (nSPS) is 19.8. The molecule has 6 heteroatoms. The molecule has 21 heavy (non-hydrogen) atoms. The lowest BCUT2D eigenvalue weighted by Crippen LogP contribution is -2.36. The van der Waals surface area contributed by atoms with Gasteiger partial charge >= 0.3 is 0 Å². The van der Waals surface area contributed by atoms with E-state index in [0.717, 1.165) is 24.8 Å². The Morgan fingerprint density at radius 1 is 1.33 bits per heavy atom. The second kappa shape index (κ2) is 7.04. The molecule has 3 heterocycles. The highest BCUT2D eigenvalue weighted by atomic mass is 32.2. The van der Waals surface area contributed by atoms with Crippen molar-refractivity contribution in [2.24, 2.45) is 5.92 Å². The first-order valence-electron chi connectivity index (χ1n) is 7.36. The molecular formula is C15H21N5S. The Morgan fingerprint density at radius 3 is 2.90 bits per heavy atom. The molecule has 0 saturated carbocycles. The van der Waals surface area contributed by atoms with Crippen LogP contribution < -0.4 is 0 Å². The first kappa shape index (κ1) is 14.5. The summed E-state index contributed by atoms with van der Waals surface area (Å²) in [5, 5.41) is 0.843. The van der Waals surface area contributed by atoms with Crippen LogP contribution in [0.1, 0.15) is 18.4 Å². The van der Waals surface area contributed by atoms with Gasteiger partial charge in [-0.2, -0.15) is 0 Å². The number of likely N-dealkylation sites (tertiary alicyclic amines) is 1. The summed E-state index contributed by atoms with van der Waals surface area (Å²) < 4.78 is 2.19. The second-order valence-electron chi connectivity index (χ2n) is 5.58. The first-order valence-corrected chi connectivity index (χ1v) is 8.59. The third-order valence-electron chi connectivity index (χ3n) is 3.90. The van der Waals surface area contributed by atoms with Gasteiger partial charge in [0.1, 0.15) is 0 Å². The molecule has 1 aliphatic rings. The van der Waals surface area contributed by atoms with E-state index in [9.17, 15) is 0 Å². The Morgan fingerprint density at radius 2 is 2.19 bits per heavy atom. The molecule has 0 aliphatic carbocycles. The highest BCUT2D eigenvalue weighted by Crippen LogP contribution is 2.20. The average Bonchev–Trinajstić information content (AvgIpc) is 3.01. The summed E-state index contributed by atoms with van der Waals surface area (Å²) in [6.45, 7) is 4.33. The fraction of sp³-hybridized carbons (Fsp3) is 0.533. The molecule has 0 radical (unpaired) electrons. The van der Waals surface area contributed by atoms with E-state index in [1.54, 1.807) is 11.8 Å². The van der Waals surface area contributed by atoms with Crippen molar-refractivity contribution in [3.05, 3.63) is 36.7 Å². The van der Waals surface area contributed by atoms with E-state index in [1.807, 2.05) is 37.4 Å². The van der Waals surface area contributed by atoms with Crippen LogP contribution in [0.15, 0.2) is 36.3 Å². The van der Waals surface area contributed by atoms with Gasteiger partial charge in [-0.15, -0.1) is 0 Å². The molecule has 0 N–H and O–H groups in total. The van der Waals surface area contributed by atoms with Crippen LogP contribution in [-0.4, -0.2) is 43.8 Å². The van der Waals surface area contributed by atoms with Crippen molar-refractivity contribution in [2.75, 3.05) is 19.3 Å². The lowest BCUT2D eigenvalue weighted by Gasteiger charge is -2.32. The van der Waals surface area contributed by atoms with Gasteiger partial charge in [0.15, 0.2) is 5.16 Å². The molecular weight excluding hydrogens is 282 g/mol. The minimum absolute atomic E-state index is 0.708. The van der Waals surface area contributed by atoms with Crippen LogP contribution in [0.2, 0.25) is 0 Å². The molecule has 1 saturated heterocycles. The molecule has 5 nitrogen and oxygen atoms in total. The number of imidazole rings is 1. The zero-order chi connectivity index (χ0) is 14.5. The van der Waals surface area contributed by atoms with Crippen LogP contribution in [0.25, 0.3) is 0 Å². The molecule has 1 aliphatic heterocycles. The van der Waals surface area contributed by atoms with Crippen LogP contribution >= 0.6 is 11.8 Å². The van der Waals surface area contributed by atoms with E-state index < -0.39 is 0 Å². The van der Waals surface area contributed by atoms with E-state index in [0.29, 0.717) is 5.92 Å². The molecule has 112 valence electrons. The number of hydrogen-bond acceptors (Lipinski definition) is 5. The van der Waals surface area contributed by atoms with Gasteiger partial charge in [-0.05, 0) is 31.6 Å². The van der Waals surface area contributed by atoms with Crippen LogP contribution in [0.4, 0.5) is 0 Å². The standard InChI is InChI=1S/C15H21N5S/c1-21-15-17-7-14(8-18-15)11-19-5-2-3-13(9-19)10-20-6-4-16-12-20/h4,6-8,12-13H,2-3,5,9-11H2,1H3. The molecule has 2 aromatic heterocycles. The SMILES string of the molecule is CSc1ncc(CN2CCCC(Cn3ccnc3)C2)cn1. The molecule has 0 spiro atoms. The average molecular weight is 303 g/mol. The van der Waals surface area contributed by atoms with Gasteiger partial charge in [0.2, 0.25) is 0 Å². The van der Waals surface area contributed by atoms with Gasteiger partial charge in [-0.3, -0.25) is 4.90 Å². The van der Waals surface area contributed by atoms with Crippen molar-refractivity contribution in [3.8, 4) is 0 Å². The molecule has 0 amide bonds. The second-order valence-corrected chi connectivity index (χ2v) is 6.35. The Labute approximate surface area is 129 Å². The van der Waals surface area contributed by atoms with Crippen molar-refractivity contribution >= 4 is 11.8 Å². The van der Waals surface area contributed by atoms with Crippen molar-refractivity contribution < 1.29 is 0 Å². The van der Waals surface area contributed by atoms with Gasteiger partial charge in [-0.25, -0.2) is 15.0 Å². The van der Waals surface area contributed by atoms with Gasteiger partial charge < -0.3 is 4.57 Å². The Balaban J connectivity index is 1.55. The number of rotatable bonds is 5. The highest BCUT2D eigenvalue weighted by Gasteiger charge is 2.20. The van der Waals surface area contributed by atoms with E-state index in [4.69, 9.17) is 0 Å². The highest BCUT2D eigenvalue weighted by molar-refractivity contribution is 7.98. The molecule has 3 rings (SSSR count). The number of nitrogens with zero attached hydrogens (tertiary/aromatic N) is 5. The summed E-state index contributed by atoms with van der Waals surface area (Å²) in [6, 6.07) is 0. The van der Waals surface area contributed by atoms with Gasteiger partial charge in [-0.1, -0.05) is 11.8 Å². The predicted octanol–water partition coefficient (Wildman–Crippen LogP) is 2.31. The minimum Gasteiger partial charge on any atom is -0.337 e. The van der Waals surface area contributed by atoms with Crippen molar-refractivity contribution in [2.45, 2.75) is 31.1 Å². The zero-order valence-electron chi connectivity index (χ0n) is 12.4. The maximum Gasteiger partial charge on any atom is 0.187 e. The largest absolute Gasteiger partial charge is 0.337 e. The quantitative estimate of drug-likeness (QED) is 0.626. The monoisotopic (exact) mass is 303 g/mol. The molecule has 0 bridgehead atoms. The lowest BCUT2D eigenvalue weighted by molar-refractivity contribution is 0.155. The van der Waals surface area contributed by atoms with E-state index in [1.165, 1.54) is 24.9 Å². The topological polar surface area (TPSA) is 46.8 Å². The molecule has 2 aromatic rings. The maximum atomic E-state index is 4.36. The summed E-state index contributed by atoms with van der Waals surface area (Å²) in [6.07, 6.45) is 14.3. The van der Waals surface area contributed by atoms with Crippen molar-refractivity contribution in [1.82, 2.24) is 24.4 Å². The van der Waals surface area contributed by atoms with Crippen molar-refractivity contribution in [1.29, 1.82) is 0 Å². The van der Waals surface area contributed by atoms with Gasteiger partial charge in [0.05, 0.1) is 6.33 Å². The van der Waals surface area contributed by atoms with Crippen LogP contribution in [0, 0.1) is 5.92 Å². The Kier molecular flexibility index (Phi) is 4.87. The maximum absolute atomic E-state index is 4.36. The summed E-state index contributed by atoms with van der Waals surface area (Å²) in [7, 11) is 0. The van der Waals surface area contributed by atoms with Crippen LogP contribution in [0.5, 0.6) is 0 Å². The lowest BCUT2D eigenvalue weighted by atomic mass is 9.97. The minimum atomic E-state index is 0.708. The van der Waals surface area contributed by atoms with Gasteiger partial charge in [0, 0.05) is 50.0 Å². The molecule has 1 unspecified atom stereocenters. The number of hydrogen-bond donors (Lipinski definition) is 0. The molecule has 1 atom stereocenters. The fourth-order valence-corrected chi connectivity index (χ4v) is 3.24. The fourth-order valence-electron chi connectivity index (χ4n) is 2.92. The summed E-state index contributed by atoms with van der Waals surface area (Å²) in [4.78, 5) is 15.3. The summed E-state index contributed by atoms with van der Waals surface area (Å²) >= 11 is 1.58. The Hall–Kier alpha value is -1.40. The van der Waals surface area contributed by atoms with E-state index in [-0.39, 0.29) is 0 Å². The Bertz CT molecular complexity index is 540. The van der Waals surface area contributed by atoms with Crippen LogP contribution in [0.3, 0.4) is 0 Å². The summed E-state index contributed by atoms with van der Waals surface area (Å²) in [5.74, 6) is 0.708. The van der Waals surface area contributed by atoms with E-state index >= 15 is 0 Å². The third-order valence-corrected chi connectivity index (χ3v) is 4.48. The van der Waals surface area contributed by atoms with E-state index in [2.05, 4.69) is 24.4 Å². The van der Waals surface area contributed by atoms with Crippen LogP contribution in [-0.2, 0) is 13.1 Å². The summed E-state index contributed by atoms with van der Waals surface area (Å²) in [5.41, 5.74) is 1.20.